The Morgan fingerprint density at radius 1 is 1.32 bits per heavy atom. The number of nitrogens with zero attached hydrogens (tertiary/aromatic N) is 3. The third-order valence-electron chi connectivity index (χ3n) is 3.55. The third kappa shape index (κ3) is 2.08. The number of rotatable bonds is 1. The number of aromatic nitrogens is 3. The Balaban J connectivity index is 2.26. The van der Waals surface area contributed by atoms with Crippen LogP contribution in [0, 0.1) is 6.92 Å². The highest BCUT2D eigenvalue weighted by atomic mass is 16.5. The summed E-state index contributed by atoms with van der Waals surface area (Å²) in [5.41, 5.74) is 7.09. The highest BCUT2D eigenvalue weighted by Gasteiger charge is 2.20. The summed E-state index contributed by atoms with van der Waals surface area (Å²) in [5, 5.41) is 0.875. The molecule has 6 heteroatoms. The summed E-state index contributed by atoms with van der Waals surface area (Å²) >= 11 is 0. The van der Waals surface area contributed by atoms with Crippen molar-refractivity contribution in [1.29, 1.82) is 0 Å². The van der Waals surface area contributed by atoms with E-state index in [4.69, 9.17) is 10.5 Å². The first-order valence-electron chi connectivity index (χ1n) is 6.40. The molecule has 19 heavy (non-hydrogen) atoms. The molecule has 0 aromatic carbocycles. The van der Waals surface area contributed by atoms with Gasteiger partial charge in [-0.05, 0) is 25.8 Å². The van der Waals surface area contributed by atoms with E-state index in [0.717, 1.165) is 23.9 Å². The highest BCUT2D eigenvalue weighted by molar-refractivity contribution is 5.78. The standard InChI is InChI=1S/C13H16N4O2/c1-8-10-2-3-11(18)17(9-4-6-19-7-5-9)12(10)16-13(14)15-8/h2-3,9H,4-7H2,1H3,(H2,14,15,16). The van der Waals surface area contributed by atoms with E-state index in [-0.39, 0.29) is 17.5 Å². The molecule has 1 saturated heterocycles. The van der Waals surface area contributed by atoms with Gasteiger partial charge in [-0.15, -0.1) is 0 Å². The molecule has 0 amide bonds. The fourth-order valence-corrected chi connectivity index (χ4v) is 2.60. The van der Waals surface area contributed by atoms with Crippen LogP contribution in [0.5, 0.6) is 0 Å². The Labute approximate surface area is 110 Å². The number of hydrogen-bond acceptors (Lipinski definition) is 5. The van der Waals surface area contributed by atoms with Crippen LogP contribution in [-0.4, -0.2) is 27.7 Å². The van der Waals surface area contributed by atoms with Crippen LogP contribution in [0.3, 0.4) is 0 Å². The Bertz CT molecular complexity index is 674. The molecule has 0 atom stereocenters. The maximum Gasteiger partial charge on any atom is 0.252 e. The molecule has 0 saturated carbocycles. The van der Waals surface area contributed by atoms with E-state index in [9.17, 15) is 4.79 Å². The van der Waals surface area contributed by atoms with Crippen molar-refractivity contribution < 1.29 is 4.74 Å². The second-order valence-electron chi connectivity index (χ2n) is 4.79. The number of nitrogens with two attached hydrogens (primary N) is 1. The highest BCUT2D eigenvalue weighted by Crippen LogP contribution is 2.24. The predicted octanol–water partition coefficient (Wildman–Crippen LogP) is 1.03. The van der Waals surface area contributed by atoms with Crippen molar-refractivity contribution in [1.82, 2.24) is 14.5 Å². The SMILES string of the molecule is Cc1nc(N)nc2c1ccc(=O)n2C1CCOCC1. The molecule has 0 unspecified atom stereocenters. The van der Waals surface area contributed by atoms with Crippen molar-refractivity contribution in [3.05, 3.63) is 28.2 Å². The minimum Gasteiger partial charge on any atom is -0.381 e. The van der Waals surface area contributed by atoms with E-state index in [1.54, 1.807) is 16.7 Å². The monoisotopic (exact) mass is 260 g/mol. The molecule has 3 rings (SSSR count). The minimum absolute atomic E-state index is 0.0445. The summed E-state index contributed by atoms with van der Waals surface area (Å²) in [5.74, 6) is 0.205. The van der Waals surface area contributed by atoms with Crippen LogP contribution in [0.25, 0.3) is 11.0 Å². The van der Waals surface area contributed by atoms with Gasteiger partial charge >= 0.3 is 0 Å². The molecule has 1 fully saturated rings. The molecule has 2 aromatic rings. The van der Waals surface area contributed by atoms with Gasteiger partial charge < -0.3 is 10.5 Å². The zero-order valence-electron chi connectivity index (χ0n) is 10.8. The van der Waals surface area contributed by atoms with Gasteiger partial charge in [0.25, 0.3) is 5.56 Å². The lowest BCUT2D eigenvalue weighted by molar-refractivity contribution is 0.0697. The first kappa shape index (κ1) is 12.1. The summed E-state index contributed by atoms with van der Waals surface area (Å²) in [4.78, 5) is 20.6. The maximum absolute atomic E-state index is 12.2. The second kappa shape index (κ2) is 4.62. The average Bonchev–Trinajstić information content (AvgIpc) is 2.39. The van der Waals surface area contributed by atoms with Crippen molar-refractivity contribution >= 4 is 17.0 Å². The number of anilines is 1. The maximum atomic E-state index is 12.2. The zero-order chi connectivity index (χ0) is 13.4. The first-order valence-corrected chi connectivity index (χ1v) is 6.40. The summed E-state index contributed by atoms with van der Waals surface area (Å²) in [7, 11) is 0. The van der Waals surface area contributed by atoms with Crippen LogP contribution < -0.4 is 11.3 Å². The van der Waals surface area contributed by atoms with E-state index in [0.29, 0.717) is 18.9 Å². The number of ether oxygens (including phenoxy) is 1. The molecule has 0 bridgehead atoms. The Hall–Kier alpha value is -1.95. The fourth-order valence-electron chi connectivity index (χ4n) is 2.60. The lowest BCUT2D eigenvalue weighted by atomic mass is 10.1. The van der Waals surface area contributed by atoms with E-state index < -0.39 is 0 Å². The number of aryl methyl sites for hydroxylation is 1. The molecule has 0 radical (unpaired) electrons. The second-order valence-corrected chi connectivity index (χ2v) is 4.79. The molecule has 100 valence electrons. The number of nitrogen functional groups attached to an aromatic ring is 1. The van der Waals surface area contributed by atoms with Crippen molar-refractivity contribution in [3.63, 3.8) is 0 Å². The topological polar surface area (TPSA) is 83.0 Å². The van der Waals surface area contributed by atoms with Crippen molar-refractivity contribution in [2.45, 2.75) is 25.8 Å². The van der Waals surface area contributed by atoms with Crippen LogP contribution >= 0.6 is 0 Å². The zero-order valence-corrected chi connectivity index (χ0v) is 10.8. The lowest BCUT2D eigenvalue weighted by Crippen LogP contribution is -2.29. The molecule has 0 spiro atoms. The van der Waals surface area contributed by atoms with Gasteiger partial charge in [0, 0.05) is 30.7 Å². The Morgan fingerprint density at radius 2 is 2.05 bits per heavy atom. The largest absolute Gasteiger partial charge is 0.381 e. The van der Waals surface area contributed by atoms with E-state index in [1.165, 1.54) is 0 Å². The molecule has 1 aliphatic rings. The summed E-state index contributed by atoms with van der Waals surface area (Å²) in [6, 6.07) is 3.46. The Kier molecular flexibility index (Phi) is 2.94. The van der Waals surface area contributed by atoms with Gasteiger partial charge in [0.05, 0.1) is 5.69 Å². The van der Waals surface area contributed by atoms with Gasteiger partial charge in [-0.2, -0.15) is 4.98 Å². The normalized spacial score (nSPS) is 16.9. The van der Waals surface area contributed by atoms with Crippen LogP contribution in [0.15, 0.2) is 16.9 Å². The lowest BCUT2D eigenvalue weighted by Gasteiger charge is -2.25. The van der Waals surface area contributed by atoms with Crippen molar-refractivity contribution in [3.8, 4) is 0 Å². The molecular weight excluding hydrogens is 244 g/mol. The molecule has 2 aromatic heterocycles. The predicted molar refractivity (Wildman–Crippen MR) is 72.0 cm³/mol. The number of pyridine rings is 1. The van der Waals surface area contributed by atoms with Gasteiger partial charge in [0.15, 0.2) is 0 Å². The van der Waals surface area contributed by atoms with E-state index >= 15 is 0 Å². The van der Waals surface area contributed by atoms with Crippen LogP contribution in [0.2, 0.25) is 0 Å². The Morgan fingerprint density at radius 3 is 2.79 bits per heavy atom. The third-order valence-corrected chi connectivity index (χ3v) is 3.55. The average molecular weight is 260 g/mol. The van der Waals surface area contributed by atoms with Gasteiger partial charge in [-0.1, -0.05) is 0 Å². The van der Waals surface area contributed by atoms with Gasteiger partial charge in [0.2, 0.25) is 5.95 Å². The fraction of sp³-hybridized carbons (Fsp3) is 0.462. The number of hydrogen-bond donors (Lipinski definition) is 1. The molecular formula is C13H16N4O2. The summed E-state index contributed by atoms with van der Waals surface area (Å²) in [6.07, 6.45) is 1.64. The van der Waals surface area contributed by atoms with Crippen molar-refractivity contribution in [2.24, 2.45) is 0 Å². The van der Waals surface area contributed by atoms with Gasteiger partial charge in [-0.25, -0.2) is 4.98 Å². The molecule has 0 aliphatic carbocycles. The van der Waals surface area contributed by atoms with Crippen molar-refractivity contribution in [2.75, 3.05) is 18.9 Å². The van der Waals surface area contributed by atoms with E-state index in [2.05, 4.69) is 9.97 Å². The van der Waals surface area contributed by atoms with Crippen LogP contribution in [0.4, 0.5) is 5.95 Å². The summed E-state index contributed by atoms with van der Waals surface area (Å²) < 4.78 is 7.09. The summed E-state index contributed by atoms with van der Waals surface area (Å²) in [6.45, 7) is 3.22. The van der Waals surface area contributed by atoms with E-state index in [1.807, 2.05) is 6.92 Å². The van der Waals surface area contributed by atoms with Gasteiger partial charge in [0.1, 0.15) is 5.65 Å². The minimum atomic E-state index is -0.0445. The smallest absolute Gasteiger partial charge is 0.252 e. The molecule has 6 nitrogen and oxygen atoms in total. The molecule has 3 heterocycles. The van der Waals surface area contributed by atoms with Crippen LogP contribution in [0.1, 0.15) is 24.6 Å². The van der Waals surface area contributed by atoms with Crippen LogP contribution in [-0.2, 0) is 4.74 Å². The van der Waals surface area contributed by atoms with Gasteiger partial charge in [-0.3, -0.25) is 9.36 Å². The quantitative estimate of drug-likeness (QED) is 0.828. The number of fused-ring (bicyclic) bond motifs is 1. The molecule has 1 aliphatic heterocycles. The molecule has 2 N–H and O–H groups in total. The first-order chi connectivity index (χ1) is 9.16.